The maximum atomic E-state index is 14.6. The van der Waals surface area contributed by atoms with Crippen LogP contribution < -0.4 is 0 Å². The Hall–Kier alpha value is -2.11. The van der Waals surface area contributed by atoms with Crippen molar-refractivity contribution in [2.45, 2.75) is 46.5 Å². The van der Waals surface area contributed by atoms with E-state index in [9.17, 15) is 4.39 Å². The van der Waals surface area contributed by atoms with Crippen molar-refractivity contribution in [2.75, 3.05) is 27.2 Å². The minimum absolute atomic E-state index is 0.290. The van der Waals surface area contributed by atoms with Gasteiger partial charge in [0.15, 0.2) is 0 Å². The van der Waals surface area contributed by atoms with Crippen molar-refractivity contribution in [1.82, 2.24) is 4.90 Å². The first-order valence-electron chi connectivity index (χ1n) is 11.2. The molecule has 0 saturated carbocycles. The van der Waals surface area contributed by atoms with Crippen molar-refractivity contribution in [3.8, 4) is 0 Å². The van der Waals surface area contributed by atoms with E-state index >= 15 is 0 Å². The molecule has 1 heterocycles. The molecule has 0 atom stereocenters. The molecule has 0 unspecified atom stereocenters. The van der Waals surface area contributed by atoms with E-state index in [1.165, 1.54) is 0 Å². The molecule has 1 aromatic rings. The lowest BCUT2D eigenvalue weighted by atomic mass is 9.93. The minimum atomic E-state index is -0.290. The second kappa shape index (κ2) is 12.2. The molecule has 5 heteroatoms. The van der Waals surface area contributed by atoms with Crippen LogP contribution in [0.15, 0.2) is 63.8 Å². The molecule has 3 nitrogen and oxygen atoms in total. The van der Waals surface area contributed by atoms with Gasteiger partial charge < -0.3 is 4.90 Å². The lowest BCUT2D eigenvalue weighted by molar-refractivity contribution is -0.403. The Balaban J connectivity index is 2.60. The molecule has 1 aliphatic heterocycles. The molecule has 0 amide bonds. The number of hydrogen-bond donors (Lipinski definition) is 0. The molecule has 0 saturated heterocycles. The summed E-state index contributed by atoms with van der Waals surface area (Å²) in [5.74, 6) is -0.290. The highest BCUT2D eigenvalue weighted by Gasteiger charge is 2.28. The quantitative estimate of drug-likeness (QED) is 0.325. The molecule has 1 aromatic carbocycles. The summed E-state index contributed by atoms with van der Waals surface area (Å²) in [7, 11) is 4.12. The summed E-state index contributed by atoms with van der Waals surface area (Å²) in [4.78, 5) is 7.15. The van der Waals surface area contributed by atoms with Crippen LogP contribution >= 0.6 is 15.9 Å². The minimum Gasteiger partial charge on any atom is -0.306 e. The van der Waals surface area contributed by atoms with E-state index in [0.717, 1.165) is 71.9 Å². The average molecular weight is 502 g/mol. The Morgan fingerprint density at radius 2 is 2.03 bits per heavy atom. The van der Waals surface area contributed by atoms with Crippen molar-refractivity contribution in [3.63, 3.8) is 0 Å². The van der Waals surface area contributed by atoms with Crippen LogP contribution in [0.1, 0.15) is 52.0 Å². The van der Waals surface area contributed by atoms with Gasteiger partial charge in [0.1, 0.15) is 18.6 Å². The number of aliphatic imine (C=N–C) groups is 1. The highest BCUT2D eigenvalue weighted by atomic mass is 79.9. The first-order valence-corrected chi connectivity index (χ1v) is 12.0. The molecule has 0 aromatic heterocycles. The molecule has 0 spiro atoms. The van der Waals surface area contributed by atoms with E-state index in [4.69, 9.17) is 4.99 Å². The van der Waals surface area contributed by atoms with Crippen LogP contribution in [0.25, 0.3) is 6.08 Å². The molecule has 0 N–H and O–H groups in total. The fourth-order valence-corrected chi connectivity index (χ4v) is 4.42. The number of benzene rings is 1. The lowest BCUT2D eigenvalue weighted by Crippen LogP contribution is -2.28. The van der Waals surface area contributed by atoms with Gasteiger partial charge in [0.05, 0.1) is 4.47 Å². The van der Waals surface area contributed by atoms with E-state index in [0.29, 0.717) is 10.9 Å². The Morgan fingerprint density at radius 3 is 2.66 bits per heavy atom. The summed E-state index contributed by atoms with van der Waals surface area (Å²) in [5.41, 5.74) is 6.46. The van der Waals surface area contributed by atoms with Gasteiger partial charge in [-0.15, -0.1) is 0 Å². The number of rotatable bonds is 9. The van der Waals surface area contributed by atoms with E-state index in [1.807, 2.05) is 37.6 Å². The van der Waals surface area contributed by atoms with Crippen molar-refractivity contribution >= 4 is 39.1 Å². The number of nitrogens with zero attached hydrogens (tertiary/aromatic N) is 3. The normalized spacial score (nSPS) is 15.8. The second-order valence-corrected chi connectivity index (χ2v) is 9.29. The molecule has 2 rings (SSSR count). The van der Waals surface area contributed by atoms with Crippen molar-refractivity contribution in [2.24, 2.45) is 4.99 Å². The summed E-state index contributed by atoms with van der Waals surface area (Å²) >= 11 is 3.34. The molecule has 172 valence electrons. The summed E-state index contributed by atoms with van der Waals surface area (Å²) in [6, 6.07) is 3.42. The van der Waals surface area contributed by atoms with Gasteiger partial charge in [-0.1, -0.05) is 32.2 Å². The summed E-state index contributed by atoms with van der Waals surface area (Å²) in [5, 5.41) is 0. The smallest absolute Gasteiger partial charge is 0.230 e. The predicted octanol–water partition coefficient (Wildman–Crippen LogP) is 7.32. The molecular formula is C27H36BrFN3+. The topological polar surface area (TPSA) is 18.6 Å². The van der Waals surface area contributed by atoms with Gasteiger partial charge in [-0.2, -0.15) is 4.58 Å². The molecular weight excluding hydrogens is 465 g/mol. The van der Waals surface area contributed by atoms with Crippen molar-refractivity contribution in [1.29, 1.82) is 0 Å². The molecule has 0 bridgehead atoms. The fourth-order valence-electron chi connectivity index (χ4n) is 4.06. The van der Waals surface area contributed by atoms with Gasteiger partial charge in [-0.05, 0) is 86.9 Å². The third-order valence-electron chi connectivity index (χ3n) is 5.42. The predicted molar refractivity (Wildman–Crippen MR) is 141 cm³/mol. The largest absolute Gasteiger partial charge is 0.306 e. The molecule has 0 aliphatic carbocycles. The number of hydrogen-bond acceptors (Lipinski definition) is 2. The number of allylic oxidation sites excluding steroid dienone is 5. The third-order valence-corrected chi connectivity index (χ3v) is 6.03. The van der Waals surface area contributed by atoms with E-state index in [1.54, 1.807) is 6.07 Å². The van der Waals surface area contributed by atoms with Gasteiger partial charge in [0.2, 0.25) is 11.4 Å². The fraction of sp³-hybridized carbons (Fsp3) is 0.407. The van der Waals surface area contributed by atoms with Crippen molar-refractivity contribution in [3.05, 3.63) is 70.1 Å². The zero-order valence-corrected chi connectivity index (χ0v) is 21.7. The maximum Gasteiger partial charge on any atom is 0.230 e. The van der Waals surface area contributed by atoms with Gasteiger partial charge >= 0.3 is 0 Å². The Morgan fingerprint density at radius 1 is 1.31 bits per heavy atom. The van der Waals surface area contributed by atoms with E-state index in [-0.39, 0.29) is 5.82 Å². The molecule has 32 heavy (non-hydrogen) atoms. The van der Waals surface area contributed by atoms with Crippen LogP contribution in [0.5, 0.6) is 0 Å². The summed E-state index contributed by atoms with van der Waals surface area (Å²) in [6.45, 7) is 16.6. The highest BCUT2D eigenvalue weighted by molar-refractivity contribution is 9.10. The molecule has 1 aliphatic rings. The SMILES string of the molecule is C=C(C)N=C1CC(C=CC)=Cc2cc(Br)c(F)cc2[N+](C)=C1C(=C)CCCN(C)CCC. The Labute approximate surface area is 201 Å². The average Bonchev–Trinajstić information content (AvgIpc) is 2.69. The van der Waals surface area contributed by atoms with Gasteiger partial charge in [-0.3, -0.25) is 4.99 Å². The monoisotopic (exact) mass is 500 g/mol. The molecule has 0 fully saturated rings. The van der Waals surface area contributed by atoms with Crippen LogP contribution in [-0.2, 0) is 0 Å². The first kappa shape index (κ1) is 26.1. The lowest BCUT2D eigenvalue weighted by Gasteiger charge is -2.18. The van der Waals surface area contributed by atoms with Crippen LogP contribution in [-0.4, -0.2) is 48.1 Å². The van der Waals surface area contributed by atoms with E-state index in [2.05, 4.69) is 60.1 Å². The van der Waals surface area contributed by atoms with Crippen LogP contribution in [0.3, 0.4) is 0 Å². The van der Waals surface area contributed by atoms with Crippen molar-refractivity contribution < 1.29 is 8.97 Å². The highest BCUT2D eigenvalue weighted by Crippen LogP contribution is 2.32. The van der Waals surface area contributed by atoms with Gasteiger partial charge in [-0.25, -0.2) is 4.39 Å². The van der Waals surface area contributed by atoms with Crippen LogP contribution in [0.4, 0.5) is 10.1 Å². The Kier molecular flexibility index (Phi) is 9.98. The zero-order valence-electron chi connectivity index (χ0n) is 20.1. The maximum absolute atomic E-state index is 14.6. The van der Waals surface area contributed by atoms with Gasteiger partial charge in [0, 0.05) is 29.3 Å². The number of fused-ring (bicyclic) bond motifs is 1. The third kappa shape index (κ3) is 6.94. The van der Waals surface area contributed by atoms with E-state index < -0.39 is 0 Å². The van der Waals surface area contributed by atoms with Crippen LogP contribution in [0.2, 0.25) is 0 Å². The second-order valence-electron chi connectivity index (χ2n) is 8.43. The standard InChI is InChI=1S/C27H36BrFN3/c1-8-11-21-15-22-17-23(28)24(29)18-26(22)32(7)27(25(16-21)30-19(3)4)20(5)12-10-14-31(6)13-9-2/h8,11,15,17-18H,3,5,9-10,12-14,16H2,1-2,4,6-7H3/q+1. The molecule has 0 radical (unpaired) electrons. The van der Waals surface area contributed by atoms with Crippen LogP contribution in [0, 0.1) is 5.82 Å². The van der Waals surface area contributed by atoms with Gasteiger partial charge in [0.25, 0.3) is 0 Å². The Bertz CT molecular complexity index is 998. The number of halogens is 2. The first-order chi connectivity index (χ1) is 15.2. The summed E-state index contributed by atoms with van der Waals surface area (Å²) in [6.07, 6.45) is 9.85. The zero-order chi connectivity index (χ0) is 23.8. The summed E-state index contributed by atoms with van der Waals surface area (Å²) < 4.78 is 17.1.